The summed E-state index contributed by atoms with van der Waals surface area (Å²) in [5.41, 5.74) is 0.492. The molecule has 2 heterocycles. The molecule has 160 valence electrons. The number of carboxylic acids is 1. The molecular weight excluding hydrogens is 380 g/mol. The molecule has 9 nitrogen and oxygen atoms in total. The Kier molecular flexibility index (Phi) is 7.29. The van der Waals surface area contributed by atoms with Gasteiger partial charge in [-0.05, 0) is 32.0 Å². The van der Waals surface area contributed by atoms with E-state index in [9.17, 15) is 15.0 Å². The zero-order chi connectivity index (χ0) is 20.8. The number of likely N-dealkylation sites (N-methyl/N-ethyl adjacent to an activating group) is 1. The second kappa shape index (κ2) is 9.91. The largest absolute Gasteiger partial charge is 0.507 e. The summed E-state index contributed by atoms with van der Waals surface area (Å²) in [5, 5.41) is 19.7. The number of aliphatic imine (C=N–C) groups is 1. The van der Waals surface area contributed by atoms with Crippen LogP contribution in [-0.4, -0.2) is 92.3 Å². The number of nitrogens with zero attached hydrogens (tertiary/aromatic N) is 2. The molecule has 3 rings (SSSR count). The van der Waals surface area contributed by atoms with Crippen LogP contribution in [0.15, 0.2) is 23.2 Å². The van der Waals surface area contributed by atoms with Gasteiger partial charge in [0.2, 0.25) is 5.90 Å². The number of hydrogen-bond acceptors (Lipinski definition) is 8. The van der Waals surface area contributed by atoms with Gasteiger partial charge in [0.05, 0.1) is 25.4 Å². The number of rotatable bonds is 10. The van der Waals surface area contributed by atoms with Crippen molar-refractivity contribution in [2.24, 2.45) is 4.99 Å². The molecule has 1 fully saturated rings. The summed E-state index contributed by atoms with van der Waals surface area (Å²) >= 11 is 0. The Hall–Kier alpha value is -2.36. The van der Waals surface area contributed by atoms with Crippen molar-refractivity contribution in [3.63, 3.8) is 0 Å². The highest BCUT2D eigenvalue weighted by Crippen LogP contribution is 2.31. The van der Waals surface area contributed by atoms with Crippen molar-refractivity contribution in [1.29, 1.82) is 0 Å². The van der Waals surface area contributed by atoms with Crippen LogP contribution >= 0.6 is 0 Å². The van der Waals surface area contributed by atoms with Gasteiger partial charge in [-0.15, -0.1) is 0 Å². The van der Waals surface area contributed by atoms with Crippen molar-refractivity contribution in [2.75, 3.05) is 47.2 Å². The highest BCUT2D eigenvalue weighted by molar-refractivity contribution is 5.98. The summed E-state index contributed by atoms with van der Waals surface area (Å²) in [6.45, 7) is 2.20. The third-order valence-corrected chi connectivity index (χ3v) is 5.28. The molecule has 29 heavy (non-hydrogen) atoms. The Labute approximate surface area is 169 Å². The summed E-state index contributed by atoms with van der Waals surface area (Å²) < 4.78 is 21.5. The first-order chi connectivity index (χ1) is 14.0. The van der Waals surface area contributed by atoms with Gasteiger partial charge in [0.1, 0.15) is 36.8 Å². The second-order valence-electron chi connectivity index (χ2n) is 7.11. The molecule has 0 radical (unpaired) electrons. The van der Waals surface area contributed by atoms with Crippen LogP contribution in [-0.2, 0) is 19.0 Å². The molecule has 0 aliphatic carbocycles. The minimum absolute atomic E-state index is 0.0106. The first kappa shape index (κ1) is 21.4. The minimum Gasteiger partial charge on any atom is -0.507 e. The number of ether oxygens (including phenoxy) is 4. The van der Waals surface area contributed by atoms with E-state index in [2.05, 4.69) is 4.99 Å². The summed E-state index contributed by atoms with van der Waals surface area (Å²) in [6.07, 6.45) is 1.35. The predicted octanol–water partition coefficient (Wildman–Crippen LogP) is 1.13. The molecule has 0 saturated carbocycles. The Morgan fingerprint density at radius 1 is 1.28 bits per heavy atom. The van der Waals surface area contributed by atoms with Crippen LogP contribution in [0.4, 0.5) is 0 Å². The smallest absolute Gasteiger partial charge is 0.320 e. The quantitative estimate of drug-likeness (QED) is 0.555. The molecule has 1 aromatic carbocycles. The molecule has 0 amide bonds. The molecule has 1 saturated heterocycles. The van der Waals surface area contributed by atoms with Gasteiger partial charge in [0, 0.05) is 19.2 Å². The van der Waals surface area contributed by atoms with E-state index in [1.807, 2.05) is 11.9 Å². The van der Waals surface area contributed by atoms with Crippen molar-refractivity contribution >= 4 is 11.9 Å². The maximum absolute atomic E-state index is 11.3. The van der Waals surface area contributed by atoms with Gasteiger partial charge < -0.3 is 29.2 Å². The van der Waals surface area contributed by atoms with Crippen LogP contribution in [0.2, 0.25) is 0 Å². The molecule has 3 atom stereocenters. The topological polar surface area (TPSA) is 110 Å². The van der Waals surface area contributed by atoms with Crippen LogP contribution in [0.25, 0.3) is 0 Å². The molecule has 0 aromatic heterocycles. The van der Waals surface area contributed by atoms with Gasteiger partial charge in [0.25, 0.3) is 0 Å². The molecule has 0 spiro atoms. The van der Waals surface area contributed by atoms with Crippen molar-refractivity contribution in [3.8, 4) is 11.5 Å². The first-order valence-corrected chi connectivity index (χ1v) is 9.69. The Balaban J connectivity index is 1.57. The summed E-state index contributed by atoms with van der Waals surface area (Å²) in [4.78, 5) is 17.8. The second-order valence-corrected chi connectivity index (χ2v) is 7.11. The van der Waals surface area contributed by atoms with E-state index in [0.717, 1.165) is 6.42 Å². The van der Waals surface area contributed by atoms with Crippen molar-refractivity contribution in [2.45, 2.75) is 31.0 Å². The van der Waals surface area contributed by atoms with Crippen molar-refractivity contribution < 1.29 is 34.0 Å². The van der Waals surface area contributed by atoms with Crippen LogP contribution in [0.3, 0.4) is 0 Å². The third-order valence-electron chi connectivity index (χ3n) is 5.28. The molecule has 2 aliphatic heterocycles. The fraction of sp³-hybridized carbons (Fsp3) is 0.600. The molecule has 0 bridgehead atoms. The Morgan fingerprint density at radius 2 is 2.07 bits per heavy atom. The van der Waals surface area contributed by atoms with E-state index in [1.54, 1.807) is 19.2 Å². The summed E-state index contributed by atoms with van der Waals surface area (Å²) in [6, 6.07) is 4.34. The highest BCUT2D eigenvalue weighted by atomic mass is 16.5. The van der Waals surface area contributed by atoms with Crippen LogP contribution < -0.4 is 4.74 Å². The van der Waals surface area contributed by atoms with E-state index in [0.29, 0.717) is 56.7 Å². The molecular formula is C20H28N2O7. The fourth-order valence-corrected chi connectivity index (χ4v) is 3.71. The number of carboxylic acid groups (broad SMARTS) is 1. The van der Waals surface area contributed by atoms with Gasteiger partial charge in [-0.1, -0.05) is 0 Å². The lowest BCUT2D eigenvalue weighted by Crippen LogP contribution is -2.43. The predicted molar refractivity (Wildman–Crippen MR) is 105 cm³/mol. The zero-order valence-corrected chi connectivity index (χ0v) is 16.7. The van der Waals surface area contributed by atoms with Crippen LogP contribution in [0.5, 0.6) is 11.5 Å². The number of hydrogen-bond donors (Lipinski definition) is 2. The number of likely N-dealkylation sites (tertiary alicyclic amines) is 1. The number of phenols is 1. The van der Waals surface area contributed by atoms with E-state index < -0.39 is 12.0 Å². The van der Waals surface area contributed by atoms with Crippen molar-refractivity contribution in [1.82, 2.24) is 4.90 Å². The average Bonchev–Trinajstić information content (AvgIpc) is 3.31. The molecule has 9 heteroatoms. The number of aromatic hydroxyl groups is 1. The maximum Gasteiger partial charge on any atom is 0.320 e. The maximum atomic E-state index is 11.3. The molecule has 0 unspecified atom stereocenters. The van der Waals surface area contributed by atoms with E-state index in [4.69, 9.17) is 18.9 Å². The minimum atomic E-state index is -0.810. The van der Waals surface area contributed by atoms with Crippen LogP contribution in [0, 0.1) is 0 Å². The summed E-state index contributed by atoms with van der Waals surface area (Å²) in [7, 11) is 3.43. The molecule has 2 aliphatic rings. The van der Waals surface area contributed by atoms with Crippen LogP contribution in [0.1, 0.15) is 18.4 Å². The van der Waals surface area contributed by atoms with E-state index in [1.165, 1.54) is 6.07 Å². The Morgan fingerprint density at radius 3 is 2.76 bits per heavy atom. The highest BCUT2D eigenvalue weighted by Gasteiger charge is 2.41. The lowest BCUT2D eigenvalue weighted by molar-refractivity contribution is -0.142. The lowest BCUT2D eigenvalue weighted by Gasteiger charge is -2.25. The van der Waals surface area contributed by atoms with Gasteiger partial charge in [-0.25, -0.2) is 4.99 Å². The third kappa shape index (κ3) is 5.17. The number of aliphatic carboxylic acids is 1. The molecule has 2 N–H and O–H groups in total. The number of carbonyl (C=O) groups is 1. The Bertz CT molecular complexity index is 740. The van der Waals surface area contributed by atoms with Crippen molar-refractivity contribution in [3.05, 3.63) is 23.8 Å². The SMILES string of the molecule is COCCOCCOc1ccc(C2=N[C@H]([C@@H]3CC[C@H](C(=O)O)N3C)CO2)c(O)c1. The van der Waals surface area contributed by atoms with E-state index >= 15 is 0 Å². The van der Waals surface area contributed by atoms with Gasteiger partial charge in [0.15, 0.2) is 0 Å². The normalized spacial score (nSPS) is 24.3. The van der Waals surface area contributed by atoms with Gasteiger partial charge in [-0.3, -0.25) is 9.69 Å². The van der Waals surface area contributed by atoms with Gasteiger partial charge in [-0.2, -0.15) is 0 Å². The fourth-order valence-electron chi connectivity index (χ4n) is 3.71. The first-order valence-electron chi connectivity index (χ1n) is 9.69. The number of benzene rings is 1. The monoisotopic (exact) mass is 408 g/mol. The zero-order valence-electron chi connectivity index (χ0n) is 16.7. The number of phenolic OH excluding ortho intramolecular Hbond substituents is 1. The molecule has 1 aromatic rings. The summed E-state index contributed by atoms with van der Waals surface area (Å²) in [5.74, 6) is 0.103. The lowest BCUT2D eigenvalue weighted by atomic mass is 10.1. The number of methoxy groups -OCH3 is 1. The standard InChI is InChI=1S/C20H28N2O7/c1-22-16(5-6-17(22)20(24)25)15-12-29-19(21-15)14-4-3-13(11-18(14)23)28-10-9-27-8-7-26-2/h3-4,11,15-17,23H,5-10,12H2,1-2H3,(H,24,25)/t15-,16-,17+/m0/s1. The average molecular weight is 408 g/mol. The van der Waals surface area contributed by atoms with Gasteiger partial charge >= 0.3 is 5.97 Å². The van der Waals surface area contributed by atoms with E-state index in [-0.39, 0.29) is 17.8 Å².